The fourth-order valence-electron chi connectivity index (χ4n) is 2.50. The van der Waals surface area contributed by atoms with Gasteiger partial charge in [-0.25, -0.2) is 8.78 Å². The van der Waals surface area contributed by atoms with Crippen LogP contribution in [0.4, 0.5) is 8.78 Å². The quantitative estimate of drug-likeness (QED) is 0.728. The number of amides is 1. The van der Waals surface area contributed by atoms with Gasteiger partial charge in [-0.05, 0) is 38.0 Å². The standard InChI is InChI=1S/C17H22F2N2O2/c1-3-23-14-7-4-6-13-16(14)12(11-21-13)10-15(22)20-9-5-8-17(2,18)19/h4,6-7,11,21H,3,5,8-10H2,1-2H3,(H,20,22). The number of aromatic nitrogens is 1. The van der Waals surface area contributed by atoms with Crippen molar-refractivity contribution in [3.05, 3.63) is 30.0 Å². The smallest absolute Gasteiger partial charge is 0.245 e. The fourth-order valence-corrected chi connectivity index (χ4v) is 2.50. The number of aromatic amines is 1. The molecule has 0 spiro atoms. The second-order valence-electron chi connectivity index (χ2n) is 5.63. The molecule has 1 aromatic heterocycles. The highest BCUT2D eigenvalue weighted by Gasteiger charge is 2.20. The Hall–Kier alpha value is -2.11. The van der Waals surface area contributed by atoms with Gasteiger partial charge in [0, 0.05) is 30.1 Å². The molecule has 126 valence electrons. The van der Waals surface area contributed by atoms with Crippen LogP contribution < -0.4 is 10.1 Å². The van der Waals surface area contributed by atoms with E-state index in [1.165, 1.54) is 0 Å². The summed E-state index contributed by atoms with van der Waals surface area (Å²) in [5.41, 5.74) is 1.74. The lowest BCUT2D eigenvalue weighted by Crippen LogP contribution is -2.27. The minimum absolute atomic E-state index is 0.184. The summed E-state index contributed by atoms with van der Waals surface area (Å²) in [5.74, 6) is -2.13. The fraction of sp³-hybridized carbons (Fsp3) is 0.471. The summed E-state index contributed by atoms with van der Waals surface area (Å²) in [6, 6.07) is 5.67. The molecule has 1 amide bonds. The number of ether oxygens (including phenoxy) is 1. The van der Waals surface area contributed by atoms with Crippen LogP contribution in [0.3, 0.4) is 0 Å². The summed E-state index contributed by atoms with van der Waals surface area (Å²) in [6.07, 6.45) is 2.00. The number of carbonyl (C=O) groups is 1. The van der Waals surface area contributed by atoms with Crippen LogP contribution in [0.15, 0.2) is 24.4 Å². The molecule has 0 unspecified atom stereocenters. The van der Waals surface area contributed by atoms with Crippen molar-refractivity contribution in [3.63, 3.8) is 0 Å². The summed E-state index contributed by atoms with van der Waals surface area (Å²) < 4.78 is 31.0. The van der Waals surface area contributed by atoms with E-state index in [1.807, 2.05) is 25.1 Å². The number of hydrogen-bond acceptors (Lipinski definition) is 2. The van der Waals surface area contributed by atoms with Crippen molar-refractivity contribution in [1.82, 2.24) is 10.3 Å². The Morgan fingerprint density at radius 2 is 2.17 bits per heavy atom. The van der Waals surface area contributed by atoms with Gasteiger partial charge in [0.25, 0.3) is 0 Å². The molecule has 0 saturated heterocycles. The molecule has 1 heterocycles. The van der Waals surface area contributed by atoms with E-state index in [9.17, 15) is 13.6 Å². The largest absolute Gasteiger partial charge is 0.493 e. The number of hydrogen-bond donors (Lipinski definition) is 2. The molecular formula is C17H22F2N2O2. The van der Waals surface area contributed by atoms with Gasteiger partial charge in [0.2, 0.25) is 11.8 Å². The lowest BCUT2D eigenvalue weighted by molar-refractivity contribution is -0.120. The number of nitrogens with one attached hydrogen (secondary N) is 2. The molecule has 2 rings (SSSR count). The molecule has 6 heteroatoms. The van der Waals surface area contributed by atoms with Gasteiger partial charge >= 0.3 is 0 Å². The van der Waals surface area contributed by atoms with Crippen LogP contribution in [0.5, 0.6) is 5.75 Å². The predicted molar refractivity (Wildman–Crippen MR) is 86.0 cm³/mol. The second-order valence-corrected chi connectivity index (χ2v) is 5.63. The normalized spacial score (nSPS) is 11.7. The maximum atomic E-state index is 12.7. The van der Waals surface area contributed by atoms with E-state index < -0.39 is 5.92 Å². The first kappa shape index (κ1) is 17.2. The van der Waals surface area contributed by atoms with Crippen LogP contribution in [0.25, 0.3) is 10.9 Å². The van der Waals surface area contributed by atoms with Crippen molar-refractivity contribution in [2.75, 3.05) is 13.2 Å². The van der Waals surface area contributed by atoms with E-state index >= 15 is 0 Å². The third-order valence-electron chi connectivity index (χ3n) is 3.51. The monoisotopic (exact) mass is 324 g/mol. The van der Waals surface area contributed by atoms with Gasteiger partial charge in [-0.1, -0.05) is 6.07 Å². The van der Waals surface area contributed by atoms with E-state index in [4.69, 9.17) is 4.74 Å². The van der Waals surface area contributed by atoms with Crippen molar-refractivity contribution >= 4 is 16.8 Å². The Morgan fingerprint density at radius 1 is 1.39 bits per heavy atom. The highest BCUT2D eigenvalue weighted by atomic mass is 19.3. The molecular weight excluding hydrogens is 302 g/mol. The van der Waals surface area contributed by atoms with Gasteiger partial charge in [-0.3, -0.25) is 4.79 Å². The molecule has 1 aromatic carbocycles. The molecule has 0 aliphatic heterocycles. The van der Waals surface area contributed by atoms with Crippen LogP contribution >= 0.6 is 0 Å². The van der Waals surface area contributed by atoms with Crippen molar-refractivity contribution < 1.29 is 18.3 Å². The van der Waals surface area contributed by atoms with Crippen LogP contribution in [-0.2, 0) is 11.2 Å². The maximum absolute atomic E-state index is 12.7. The Balaban J connectivity index is 1.97. The number of alkyl halides is 2. The van der Waals surface area contributed by atoms with Crippen molar-refractivity contribution in [3.8, 4) is 5.75 Å². The van der Waals surface area contributed by atoms with Crippen LogP contribution in [-0.4, -0.2) is 30.0 Å². The minimum Gasteiger partial charge on any atom is -0.493 e. The third kappa shape index (κ3) is 4.94. The minimum atomic E-state index is -2.69. The van der Waals surface area contributed by atoms with E-state index in [2.05, 4.69) is 10.3 Å². The van der Waals surface area contributed by atoms with Crippen LogP contribution in [0.1, 0.15) is 32.3 Å². The first-order chi connectivity index (χ1) is 10.9. The summed E-state index contributed by atoms with van der Waals surface area (Å²) in [7, 11) is 0. The zero-order chi connectivity index (χ0) is 16.9. The molecule has 4 nitrogen and oxygen atoms in total. The molecule has 0 aliphatic carbocycles. The molecule has 0 aliphatic rings. The van der Waals surface area contributed by atoms with Gasteiger partial charge in [0.1, 0.15) is 5.75 Å². The molecule has 0 bridgehead atoms. The first-order valence-electron chi connectivity index (χ1n) is 7.77. The number of carbonyl (C=O) groups excluding carboxylic acids is 1. The van der Waals surface area contributed by atoms with E-state index in [1.54, 1.807) is 6.20 Å². The Kier molecular flexibility index (Phi) is 5.58. The first-order valence-corrected chi connectivity index (χ1v) is 7.77. The third-order valence-corrected chi connectivity index (χ3v) is 3.51. The Labute approximate surface area is 134 Å². The molecule has 2 N–H and O–H groups in total. The lowest BCUT2D eigenvalue weighted by atomic mass is 10.1. The van der Waals surface area contributed by atoms with Crippen LogP contribution in [0.2, 0.25) is 0 Å². The summed E-state index contributed by atoms with van der Waals surface area (Å²) in [6.45, 7) is 3.58. The number of benzene rings is 1. The number of halogens is 2. The van der Waals surface area contributed by atoms with E-state index in [-0.39, 0.29) is 31.7 Å². The van der Waals surface area contributed by atoms with E-state index in [0.29, 0.717) is 6.61 Å². The second kappa shape index (κ2) is 7.44. The Bertz CT molecular complexity index is 662. The molecule has 23 heavy (non-hydrogen) atoms. The molecule has 0 fully saturated rings. The molecule has 0 radical (unpaired) electrons. The Morgan fingerprint density at radius 3 is 2.87 bits per heavy atom. The van der Waals surface area contributed by atoms with E-state index in [0.717, 1.165) is 29.1 Å². The maximum Gasteiger partial charge on any atom is 0.245 e. The number of rotatable bonds is 8. The topological polar surface area (TPSA) is 54.1 Å². The van der Waals surface area contributed by atoms with Crippen LogP contribution in [0, 0.1) is 0 Å². The average Bonchev–Trinajstić information content (AvgIpc) is 2.87. The lowest BCUT2D eigenvalue weighted by Gasteiger charge is -2.10. The molecule has 0 saturated carbocycles. The van der Waals surface area contributed by atoms with Gasteiger partial charge < -0.3 is 15.0 Å². The summed E-state index contributed by atoms with van der Waals surface area (Å²) >= 11 is 0. The van der Waals surface area contributed by atoms with Gasteiger partial charge in [-0.15, -0.1) is 0 Å². The SMILES string of the molecule is CCOc1cccc2[nH]cc(CC(=O)NCCCC(C)(F)F)c12. The van der Waals surface area contributed by atoms with Gasteiger partial charge in [0.05, 0.1) is 13.0 Å². The van der Waals surface area contributed by atoms with Crippen molar-refractivity contribution in [2.24, 2.45) is 0 Å². The highest BCUT2D eigenvalue weighted by molar-refractivity contribution is 5.93. The number of fused-ring (bicyclic) bond motifs is 1. The average molecular weight is 324 g/mol. The van der Waals surface area contributed by atoms with Crippen molar-refractivity contribution in [2.45, 2.75) is 39.0 Å². The van der Waals surface area contributed by atoms with Crippen molar-refractivity contribution in [1.29, 1.82) is 0 Å². The van der Waals surface area contributed by atoms with Gasteiger partial charge in [0.15, 0.2) is 0 Å². The molecule has 2 aromatic rings. The zero-order valence-corrected chi connectivity index (χ0v) is 13.4. The predicted octanol–water partition coefficient (Wildman–Crippen LogP) is 3.66. The summed E-state index contributed by atoms with van der Waals surface area (Å²) in [5, 5.41) is 3.58. The number of H-pyrrole nitrogens is 1. The zero-order valence-electron chi connectivity index (χ0n) is 13.4. The highest BCUT2D eigenvalue weighted by Crippen LogP contribution is 2.29. The van der Waals surface area contributed by atoms with Gasteiger partial charge in [-0.2, -0.15) is 0 Å². The molecule has 0 atom stereocenters. The summed E-state index contributed by atoms with van der Waals surface area (Å²) in [4.78, 5) is 15.1.